The van der Waals surface area contributed by atoms with E-state index in [0.29, 0.717) is 12.8 Å². The van der Waals surface area contributed by atoms with Crippen LogP contribution in [0.15, 0.2) is 0 Å². The van der Waals surface area contributed by atoms with Crippen molar-refractivity contribution in [3.05, 3.63) is 0 Å². The van der Waals surface area contributed by atoms with E-state index in [-0.39, 0.29) is 12.5 Å². The van der Waals surface area contributed by atoms with Crippen molar-refractivity contribution >= 4 is 5.91 Å². The van der Waals surface area contributed by atoms with Gasteiger partial charge in [0.25, 0.3) is 0 Å². The predicted octanol–water partition coefficient (Wildman–Crippen LogP) is -0.213. The fraction of sp³-hybridized carbons (Fsp3) is 0.750. The summed E-state index contributed by atoms with van der Waals surface area (Å²) in [5, 5.41) is 20.0. The van der Waals surface area contributed by atoms with Crippen molar-refractivity contribution in [2.24, 2.45) is 5.41 Å². The Bertz CT molecular complexity index is 226. The fourth-order valence-electron chi connectivity index (χ4n) is 0.924. The summed E-state index contributed by atoms with van der Waals surface area (Å²) in [6.07, 6.45) is 0.744. The highest BCUT2D eigenvalue weighted by Crippen LogP contribution is 2.44. The van der Waals surface area contributed by atoms with E-state index in [9.17, 15) is 4.79 Å². The molecular formula is C8H12N2O2. The van der Waals surface area contributed by atoms with Crippen molar-refractivity contribution in [2.45, 2.75) is 25.9 Å². The van der Waals surface area contributed by atoms with Crippen molar-refractivity contribution in [1.29, 1.82) is 5.26 Å². The Labute approximate surface area is 71.2 Å². The van der Waals surface area contributed by atoms with Crippen LogP contribution in [-0.2, 0) is 4.79 Å². The van der Waals surface area contributed by atoms with Gasteiger partial charge in [0, 0.05) is 6.54 Å². The maximum Gasteiger partial charge on any atom is 0.240 e. The zero-order valence-corrected chi connectivity index (χ0v) is 7.00. The van der Waals surface area contributed by atoms with Gasteiger partial charge < -0.3 is 10.4 Å². The summed E-state index contributed by atoms with van der Waals surface area (Å²) in [4.78, 5) is 11.2. The molecule has 1 saturated carbocycles. The quantitative estimate of drug-likeness (QED) is 0.612. The third-order valence-corrected chi connectivity index (χ3v) is 1.96. The highest BCUT2D eigenvalue weighted by atomic mass is 16.3. The summed E-state index contributed by atoms with van der Waals surface area (Å²) in [6, 6.07) is 1.98. The van der Waals surface area contributed by atoms with Gasteiger partial charge in [-0.15, -0.1) is 0 Å². The number of amides is 1. The zero-order valence-electron chi connectivity index (χ0n) is 7.00. The normalized spacial score (nSPS) is 20.8. The van der Waals surface area contributed by atoms with Gasteiger partial charge in [0.1, 0.15) is 5.41 Å². The van der Waals surface area contributed by atoms with E-state index in [1.54, 1.807) is 6.92 Å². The molecule has 1 aliphatic carbocycles. The zero-order chi connectivity index (χ0) is 9.19. The second kappa shape index (κ2) is 3.11. The average molecular weight is 168 g/mol. The molecule has 0 aromatic carbocycles. The number of hydrogen-bond acceptors (Lipinski definition) is 3. The number of nitrogens with one attached hydrogen (secondary N) is 1. The molecule has 1 aliphatic rings. The Kier molecular flexibility index (Phi) is 2.34. The number of carbonyl (C=O) groups excluding carboxylic acids is 1. The SMILES string of the molecule is C[C@@H](O)CNC(=O)C1(C#N)CC1. The van der Waals surface area contributed by atoms with Crippen LogP contribution >= 0.6 is 0 Å². The third kappa shape index (κ3) is 1.74. The summed E-state index contributed by atoms with van der Waals surface area (Å²) >= 11 is 0. The lowest BCUT2D eigenvalue weighted by Crippen LogP contribution is -2.35. The van der Waals surface area contributed by atoms with Gasteiger partial charge in [-0.25, -0.2) is 0 Å². The van der Waals surface area contributed by atoms with E-state index >= 15 is 0 Å². The van der Waals surface area contributed by atoms with E-state index in [1.807, 2.05) is 6.07 Å². The van der Waals surface area contributed by atoms with Gasteiger partial charge in [-0.3, -0.25) is 4.79 Å². The molecule has 4 heteroatoms. The predicted molar refractivity (Wildman–Crippen MR) is 42.0 cm³/mol. The van der Waals surface area contributed by atoms with Gasteiger partial charge >= 0.3 is 0 Å². The van der Waals surface area contributed by atoms with Crippen LogP contribution in [0.1, 0.15) is 19.8 Å². The fourth-order valence-corrected chi connectivity index (χ4v) is 0.924. The second-order valence-electron chi connectivity index (χ2n) is 3.25. The standard InChI is InChI=1S/C8H12N2O2/c1-6(11)4-10-7(12)8(5-9)2-3-8/h6,11H,2-4H2,1H3,(H,10,12)/t6-/m1/s1. The maximum atomic E-state index is 11.2. The number of aliphatic hydroxyl groups excluding tert-OH is 1. The Morgan fingerprint density at radius 1 is 1.83 bits per heavy atom. The molecule has 1 amide bonds. The lowest BCUT2D eigenvalue weighted by atomic mass is 10.1. The molecular weight excluding hydrogens is 156 g/mol. The van der Waals surface area contributed by atoms with E-state index in [4.69, 9.17) is 10.4 Å². The Morgan fingerprint density at radius 2 is 2.42 bits per heavy atom. The highest BCUT2D eigenvalue weighted by Gasteiger charge is 2.50. The first-order chi connectivity index (χ1) is 5.60. The van der Waals surface area contributed by atoms with Crippen LogP contribution in [0.4, 0.5) is 0 Å². The van der Waals surface area contributed by atoms with Crippen LogP contribution in [0.5, 0.6) is 0 Å². The molecule has 0 saturated heterocycles. The van der Waals surface area contributed by atoms with Crippen LogP contribution in [0.25, 0.3) is 0 Å². The molecule has 0 spiro atoms. The first-order valence-electron chi connectivity index (χ1n) is 3.98. The molecule has 0 aromatic heterocycles. The van der Waals surface area contributed by atoms with E-state index in [1.165, 1.54) is 0 Å². The largest absolute Gasteiger partial charge is 0.392 e. The van der Waals surface area contributed by atoms with Gasteiger partial charge in [-0.1, -0.05) is 0 Å². The molecule has 0 bridgehead atoms. The third-order valence-electron chi connectivity index (χ3n) is 1.96. The summed E-state index contributed by atoms with van der Waals surface area (Å²) in [5.74, 6) is -0.245. The number of nitrogens with zero attached hydrogens (tertiary/aromatic N) is 1. The molecule has 66 valence electrons. The van der Waals surface area contributed by atoms with E-state index < -0.39 is 11.5 Å². The van der Waals surface area contributed by atoms with Crippen molar-refractivity contribution in [1.82, 2.24) is 5.32 Å². The minimum atomic E-state index is -0.769. The molecule has 0 aliphatic heterocycles. The molecule has 4 nitrogen and oxygen atoms in total. The monoisotopic (exact) mass is 168 g/mol. The lowest BCUT2D eigenvalue weighted by molar-refractivity contribution is -0.124. The second-order valence-corrected chi connectivity index (χ2v) is 3.25. The molecule has 0 radical (unpaired) electrons. The highest BCUT2D eigenvalue weighted by molar-refractivity contribution is 5.88. The molecule has 0 unspecified atom stereocenters. The van der Waals surface area contributed by atoms with Crippen LogP contribution in [0.2, 0.25) is 0 Å². The number of carbonyl (C=O) groups is 1. The van der Waals surface area contributed by atoms with E-state index in [0.717, 1.165) is 0 Å². The molecule has 0 heterocycles. The minimum Gasteiger partial charge on any atom is -0.392 e. The summed E-state index contributed by atoms with van der Waals surface area (Å²) in [5.41, 5.74) is -0.769. The molecule has 1 atom stereocenters. The smallest absolute Gasteiger partial charge is 0.240 e. The minimum absolute atomic E-state index is 0.224. The van der Waals surface area contributed by atoms with Crippen molar-refractivity contribution in [3.8, 4) is 6.07 Å². The molecule has 0 aromatic rings. The van der Waals surface area contributed by atoms with Gasteiger partial charge in [0.05, 0.1) is 12.2 Å². The molecule has 12 heavy (non-hydrogen) atoms. The van der Waals surface area contributed by atoms with Gasteiger partial charge in [-0.05, 0) is 19.8 Å². The maximum absolute atomic E-state index is 11.2. The van der Waals surface area contributed by atoms with Crippen LogP contribution in [0, 0.1) is 16.7 Å². The molecule has 1 fully saturated rings. The first kappa shape index (κ1) is 9.01. The summed E-state index contributed by atoms with van der Waals surface area (Å²) < 4.78 is 0. The topological polar surface area (TPSA) is 73.1 Å². The Hall–Kier alpha value is -1.08. The molecule has 2 N–H and O–H groups in total. The summed E-state index contributed by atoms with van der Waals surface area (Å²) in [7, 11) is 0. The first-order valence-corrected chi connectivity index (χ1v) is 3.98. The van der Waals surface area contributed by atoms with E-state index in [2.05, 4.69) is 5.32 Å². The number of rotatable bonds is 3. The van der Waals surface area contributed by atoms with Crippen LogP contribution < -0.4 is 5.32 Å². The summed E-state index contributed by atoms with van der Waals surface area (Å²) in [6.45, 7) is 1.81. The van der Waals surface area contributed by atoms with Crippen molar-refractivity contribution in [2.75, 3.05) is 6.54 Å². The average Bonchev–Trinajstić information content (AvgIpc) is 2.80. The van der Waals surface area contributed by atoms with Crippen molar-refractivity contribution in [3.63, 3.8) is 0 Å². The van der Waals surface area contributed by atoms with Gasteiger partial charge in [-0.2, -0.15) is 5.26 Å². The van der Waals surface area contributed by atoms with Crippen molar-refractivity contribution < 1.29 is 9.90 Å². The molecule has 1 rings (SSSR count). The Balaban J connectivity index is 2.35. The Morgan fingerprint density at radius 3 is 2.75 bits per heavy atom. The number of nitriles is 1. The van der Waals surface area contributed by atoms with Crippen LogP contribution in [0.3, 0.4) is 0 Å². The lowest BCUT2D eigenvalue weighted by Gasteiger charge is -2.08. The number of aliphatic hydroxyl groups is 1. The van der Waals surface area contributed by atoms with Gasteiger partial charge in [0.2, 0.25) is 5.91 Å². The van der Waals surface area contributed by atoms with Crippen LogP contribution in [-0.4, -0.2) is 23.7 Å². The van der Waals surface area contributed by atoms with Gasteiger partial charge in [0.15, 0.2) is 0 Å². The number of hydrogen-bond donors (Lipinski definition) is 2.